The van der Waals surface area contributed by atoms with Gasteiger partial charge in [0.15, 0.2) is 0 Å². The quantitative estimate of drug-likeness (QED) is 0.546. The molecule has 0 aromatic heterocycles. The van der Waals surface area contributed by atoms with Gasteiger partial charge in [-0.1, -0.05) is 24.3 Å². The van der Waals surface area contributed by atoms with Crippen LogP contribution in [-0.2, 0) is 16.6 Å². The largest absolute Gasteiger partial charge is 0.492 e. The molecule has 3 rings (SSSR count). The zero-order valence-electron chi connectivity index (χ0n) is 16.6. The molecule has 9 heteroatoms. The molecule has 1 amide bonds. The summed E-state index contributed by atoms with van der Waals surface area (Å²) in [6.07, 6.45) is 0. The van der Waals surface area contributed by atoms with Crippen LogP contribution in [0.1, 0.15) is 22.8 Å². The van der Waals surface area contributed by atoms with Crippen molar-refractivity contribution < 1.29 is 26.7 Å². The number of carbonyl (C=O) groups is 1. The van der Waals surface area contributed by atoms with E-state index >= 15 is 0 Å². The van der Waals surface area contributed by atoms with Gasteiger partial charge in [-0.25, -0.2) is 21.9 Å². The molecule has 0 spiro atoms. The zero-order chi connectivity index (χ0) is 22.4. The molecule has 0 atom stereocenters. The lowest BCUT2D eigenvalue weighted by molar-refractivity contribution is 0.102. The number of halogens is 2. The SMILES string of the molecule is CCOc1ccccc1NC(=O)c1cc(S(=O)(=O)NCc2ccc(F)cc2)ccc1F. The van der Waals surface area contributed by atoms with Gasteiger partial charge in [-0.3, -0.25) is 4.79 Å². The minimum absolute atomic E-state index is 0.0940. The lowest BCUT2D eigenvalue weighted by atomic mass is 10.2. The number of hydrogen-bond donors (Lipinski definition) is 2. The Labute approximate surface area is 178 Å². The van der Waals surface area contributed by atoms with Gasteiger partial charge in [0.1, 0.15) is 17.4 Å². The van der Waals surface area contributed by atoms with Crippen molar-refractivity contribution in [3.8, 4) is 5.75 Å². The molecule has 2 N–H and O–H groups in total. The molecular weight excluding hydrogens is 426 g/mol. The highest BCUT2D eigenvalue weighted by Crippen LogP contribution is 2.25. The number of para-hydroxylation sites is 2. The molecule has 0 radical (unpaired) electrons. The van der Waals surface area contributed by atoms with Crippen LogP contribution in [0.15, 0.2) is 71.6 Å². The van der Waals surface area contributed by atoms with Crippen LogP contribution in [0.25, 0.3) is 0 Å². The van der Waals surface area contributed by atoms with Crippen molar-refractivity contribution in [2.75, 3.05) is 11.9 Å². The molecule has 6 nitrogen and oxygen atoms in total. The normalized spacial score (nSPS) is 11.2. The Morgan fingerprint density at radius 2 is 1.71 bits per heavy atom. The summed E-state index contributed by atoms with van der Waals surface area (Å²) in [4.78, 5) is 12.3. The number of rotatable bonds is 8. The molecule has 31 heavy (non-hydrogen) atoms. The van der Waals surface area contributed by atoms with E-state index in [0.29, 0.717) is 23.6 Å². The molecule has 0 unspecified atom stereocenters. The Hall–Kier alpha value is -3.30. The van der Waals surface area contributed by atoms with E-state index in [-0.39, 0.29) is 11.4 Å². The molecule has 0 heterocycles. The standard InChI is InChI=1S/C22H20F2N2O4S/c1-2-30-21-6-4-3-5-20(21)26-22(27)18-13-17(11-12-19(18)24)31(28,29)25-14-15-7-9-16(23)10-8-15/h3-13,25H,2,14H2,1H3,(H,26,27). The Morgan fingerprint density at radius 3 is 2.42 bits per heavy atom. The van der Waals surface area contributed by atoms with Crippen LogP contribution >= 0.6 is 0 Å². The second-order valence-electron chi connectivity index (χ2n) is 6.48. The Morgan fingerprint density at radius 1 is 1.00 bits per heavy atom. The summed E-state index contributed by atoms with van der Waals surface area (Å²) in [5, 5.41) is 2.54. The Bertz CT molecular complexity index is 1180. The summed E-state index contributed by atoms with van der Waals surface area (Å²) in [6, 6.07) is 14.9. The van der Waals surface area contributed by atoms with E-state index in [1.165, 1.54) is 24.3 Å². The van der Waals surface area contributed by atoms with Crippen LogP contribution in [0.4, 0.5) is 14.5 Å². The van der Waals surface area contributed by atoms with Gasteiger partial charge in [-0.15, -0.1) is 0 Å². The molecule has 0 fully saturated rings. The van der Waals surface area contributed by atoms with Crippen molar-refractivity contribution in [3.05, 3.63) is 89.5 Å². The van der Waals surface area contributed by atoms with Gasteiger partial charge in [0, 0.05) is 6.54 Å². The van der Waals surface area contributed by atoms with Crippen molar-refractivity contribution in [1.82, 2.24) is 4.72 Å². The fraction of sp³-hybridized carbons (Fsp3) is 0.136. The van der Waals surface area contributed by atoms with Crippen molar-refractivity contribution in [1.29, 1.82) is 0 Å². The topological polar surface area (TPSA) is 84.5 Å². The first-order valence-corrected chi connectivity index (χ1v) is 10.9. The smallest absolute Gasteiger partial charge is 0.258 e. The number of amides is 1. The minimum Gasteiger partial charge on any atom is -0.492 e. The van der Waals surface area contributed by atoms with E-state index in [4.69, 9.17) is 4.74 Å². The highest BCUT2D eigenvalue weighted by atomic mass is 32.2. The maximum atomic E-state index is 14.3. The number of benzene rings is 3. The zero-order valence-corrected chi connectivity index (χ0v) is 17.4. The van der Waals surface area contributed by atoms with Crippen molar-refractivity contribution in [3.63, 3.8) is 0 Å². The maximum Gasteiger partial charge on any atom is 0.258 e. The number of carbonyl (C=O) groups excluding carboxylic acids is 1. The second-order valence-corrected chi connectivity index (χ2v) is 8.24. The van der Waals surface area contributed by atoms with E-state index in [1.807, 2.05) is 0 Å². The third-order valence-electron chi connectivity index (χ3n) is 4.31. The van der Waals surface area contributed by atoms with Gasteiger partial charge in [-0.05, 0) is 55.0 Å². The van der Waals surface area contributed by atoms with Gasteiger partial charge < -0.3 is 10.1 Å². The van der Waals surface area contributed by atoms with E-state index in [9.17, 15) is 22.0 Å². The van der Waals surface area contributed by atoms with Crippen LogP contribution in [0.5, 0.6) is 5.75 Å². The first-order chi connectivity index (χ1) is 14.8. The molecule has 0 bridgehead atoms. The second kappa shape index (κ2) is 9.67. The molecule has 0 saturated carbocycles. The summed E-state index contributed by atoms with van der Waals surface area (Å²) in [6.45, 7) is 2.06. The Balaban J connectivity index is 1.80. The number of ether oxygens (including phenoxy) is 1. The van der Waals surface area contributed by atoms with E-state index in [0.717, 1.165) is 18.2 Å². The number of hydrogen-bond acceptors (Lipinski definition) is 4. The fourth-order valence-electron chi connectivity index (χ4n) is 2.75. The summed E-state index contributed by atoms with van der Waals surface area (Å²) < 4.78 is 60.3. The molecule has 0 saturated heterocycles. The predicted octanol–water partition coefficient (Wildman–Crippen LogP) is 4.09. The highest BCUT2D eigenvalue weighted by Gasteiger charge is 2.20. The van der Waals surface area contributed by atoms with Gasteiger partial charge in [0.05, 0.1) is 22.8 Å². The first-order valence-electron chi connectivity index (χ1n) is 9.37. The highest BCUT2D eigenvalue weighted by molar-refractivity contribution is 7.89. The number of sulfonamides is 1. The fourth-order valence-corrected chi connectivity index (χ4v) is 3.79. The lowest BCUT2D eigenvalue weighted by Crippen LogP contribution is -2.24. The molecule has 162 valence electrons. The van der Waals surface area contributed by atoms with Crippen LogP contribution in [0.2, 0.25) is 0 Å². The minimum atomic E-state index is -4.05. The van der Waals surface area contributed by atoms with E-state index < -0.39 is 33.1 Å². The lowest BCUT2D eigenvalue weighted by Gasteiger charge is -2.12. The third kappa shape index (κ3) is 5.65. The maximum absolute atomic E-state index is 14.3. The number of nitrogens with one attached hydrogen (secondary N) is 2. The van der Waals surface area contributed by atoms with E-state index in [2.05, 4.69) is 10.0 Å². The first kappa shape index (κ1) is 22.4. The molecule has 3 aromatic rings. The number of anilines is 1. The molecule has 0 aliphatic heterocycles. The van der Waals surface area contributed by atoms with Crippen molar-refractivity contribution >= 4 is 21.6 Å². The molecule has 0 aliphatic rings. The monoisotopic (exact) mass is 446 g/mol. The van der Waals surface area contributed by atoms with Gasteiger partial charge in [-0.2, -0.15) is 0 Å². The van der Waals surface area contributed by atoms with Gasteiger partial charge in [0.2, 0.25) is 10.0 Å². The van der Waals surface area contributed by atoms with Crippen LogP contribution in [0, 0.1) is 11.6 Å². The van der Waals surface area contributed by atoms with Crippen LogP contribution < -0.4 is 14.8 Å². The summed E-state index contributed by atoms with van der Waals surface area (Å²) in [5.74, 6) is -1.72. The predicted molar refractivity (Wildman–Crippen MR) is 112 cm³/mol. The summed E-state index contributed by atoms with van der Waals surface area (Å²) in [7, 11) is -4.05. The Kier molecular flexibility index (Phi) is 6.98. The van der Waals surface area contributed by atoms with Crippen LogP contribution in [0.3, 0.4) is 0 Å². The molecule has 3 aromatic carbocycles. The molecule has 0 aliphatic carbocycles. The molecular formula is C22H20F2N2O4S. The average Bonchev–Trinajstić information content (AvgIpc) is 2.75. The van der Waals surface area contributed by atoms with Gasteiger partial charge in [0.25, 0.3) is 5.91 Å². The summed E-state index contributed by atoms with van der Waals surface area (Å²) >= 11 is 0. The van der Waals surface area contributed by atoms with Crippen molar-refractivity contribution in [2.24, 2.45) is 0 Å². The van der Waals surface area contributed by atoms with Crippen molar-refractivity contribution in [2.45, 2.75) is 18.4 Å². The average molecular weight is 446 g/mol. The third-order valence-corrected chi connectivity index (χ3v) is 5.71. The van der Waals surface area contributed by atoms with E-state index in [1.54, 1.807) is 31.2 Å². The van der Waals surface area contributed by atoms with Crippen LogP contribution in [-0.4, -0.2) is 20.9 Å². The van der Waals surface area contributed by atoms with Gasteiger partial charge >= 0.3 is 0 Å². The summed E-state index contributed by atoms with van der Waals surface area (Å²) in [5.41, 5.74) is 0.435.